The van der Waals surface area contributed by atoms with E-state index in [0.29, 0.717) is 18.0 Å². The van der Waals surface area contributed by atoms with Gasteiger partial charge in [0, 0.05) is 25.2 Å². The van der Waals surface area contributed by atoms with Crippen LogP contribution in [0.15, 0.2) is 48.5 Å². The van der Waals surface area contributed by atoms with Crippen molar-refractivity contribution >= 4 is 29.4 Å². The Morgan fingerprint density at radius 2 is 1.89 bits per heavy atom. The van der Waals surface area contributed by atoms with Crippen LogP contribution < -0.4 is 5.32 Å². The van der Waals surface area contributed by atoms with E-state index >= 15 is 0 Å². The maximum Gasteiger partial charge on any atom is 0.334 e. The van der Waals surface area contributed by atoms with Gasteiger partial charge in [0.05, 0.1) is 13.1 Å². The summed E-state index contributed by atoms with van der Waals surface area (Å²) in [5, 5.41) is 6.56. The fourth-order valence-corrected chi connectivity index (χ4v) is 5.05. The highest BCUT2D eigenvalue weighted by Crippen LogP contribution is 2.29. The summed E-state index contributed by atoms with van der Waals surface area (Å²) >= 11 is 6.16. The first-order valence-electron chi connectivity index (χ1n) is 12.2. The molecular formula is C26H31ClFN5O3. The molecule has 0 aromatic heterocycles. The Morgan fingerprint density at radius 3 is 2.58 bits per heavy atom. The fraction of sp³-hybridized carbons (Fsp3) is 0.423. The van der Waals surface area contributed by atoms with Crippen molar-refractivity contribution in [2.45, 2.75) is 51.5 Å². The Balaban J connectivity index is 1.59. The molecule has 0 saturated carbocycles. The zero-order valence-electron chi connectivity index (χ0n) is 20.5. The molecule has 2 heterocycles. The highest BCUT2D eigenvalue weighted by atomic mass is 35.5. The van der Waals surface area contributed by atoms with Gasteiger partial charge in [0.2, 0.25) is 11.8 Å². The summed E-state index contributed by atoms with van der Waals surface area (Å²) in [6.45, 7) is 2.73. The lowest BCUT2D eigenvalue weighted by molar-refractivity contribution is -0.188. The molecule has 0 unspecified atom stereocenters. The van der Waals surface area contributed by atoms with E-state index in [4.69, 9.17) is 11.6 Å². The molecule has 2 aromatic rings. The van der Waals surface area contributed by atoms with Gasteiger partial charge in [0.25, 0.3) is 0 Å². The van der Waals surface area contributed by atoms with E-state index in [9.17, 15) is 18.8 Å². The van der Waals surface area contributed by atoms with Crippen LogP contribution in [-0.4, -0.2) is 70.0 Å². The molecule has 2 saturated heterocycles. The first-order valence-corrected chi connectivity index (χ1v) is 12.5. The van der Waals surface area contributed by atoms with E-state index < -0.39 is 18.2 Å². The largest absolute Gasteiger partial charge is 0.334 e. The van der Waals surface area contributed by atoms with Crippen molar-refractivity contribution in [2.24, 2.45) is 0 Å². The van der Waals surface area contributed by atoms with Gasteiger partial charge in [-0.05, 0) is 41.8 Å². The zero-order chi connectivity index (χ0) is 25.8. The molecule has 36 heavy (non-hydrogen) atoms. The summed E-state index contributed by atoms with van der Waals surface area (Å²) in [7, 11) is 1.69. The van der Waals surface area contributed by atoms with Gasteiger partial charge in [-0.3, -0.25) is 9.59 Å². The van der Waals surface area contributed by atoms with Crippen molar-refractivity contribution in [1.29, 1.82) is 0 Å². The van der Waals surface area contributed by atoms with Gasteiger partial charge in [-0.15, -0.1) is 0 Å². The number of nitrogens with zero attached hydrogens (tertiary/aromatic N) is 4. The van der Waals surface area contributed by atoms with Crippen LogP contribution in [0.3, 0.4) is 0 Å². The number of urea groups is 1. The quantitative estimate of drug-likeness (QED) is 0.611. The highest BCUT2D eigenvalue weighted by molar-refractivity contribution is 6.30. The molecule has 0 radical (unpaired) electrons. The van der Waals surface area contributed by atoms with Gasteiger partial charge in [0.15, 0.2) is 0 Å². The average Bonchev–Trinajstić information content (AvgIpc) is 2.84. The Hall–Kier alpha value is -3.17. The highest BCUT2D eigenvalue weighted by Gasteiger charge is 2.50. The smallest absolute Gasteiger partial charge is 0.333 e. The van der Waals surface area contributed by atoms with Crippen LogP contribution in [0.5, 0.6) is 0 Å². The normalized spacial score (nSPS) is 20.5. The Bertz CT molecular complexity index is 1120. The van der Waals surface area contributed by atoms with E-state index in [1.165, 1.54) is 17.1 Å². The van der Waals surface area contributed by atoms with Crippen molar-refractivity contribution < 1.29 is 18.8 Å². The van der Waals surface area contributed by atoms with Crippen LogP contribution in [0.2, 0.25) is 5.02 Å². The summed E-state index contributed by atoms with van der Waals surface area (Å²) in [6.07, 6.45) is 1.54. The van der Waals surface area contributed by atoms with Crippen molar-refractivity contribution in [3.8, 4) is 0 Å². The van der Waals surface area contributed by atoms with Crippen molar-refractivity contribution in [3.05, 3.63) is 70.5 Å². The number of rotatable bonds is 7. The van der Waals surface area contributed by atoms with Crippen LogP contribution in [-0.2, 0) is 22.7 Å². The lowest BCUT2D eigenvalue weighted by Gasteiger charge is -2.54. The minimum atomic E-state index is -0.650. The van der Waals surface area contributed by atoms with Gasteiger partial charge in [0.1, 0.15) is 18.0 Å². The lowest BCUT2D eigenvalue weighted by atomic mass is 10.0. The first-order chi connectivity index (χ1) is 17.3. The Labute approximate surface area is 215 Å². The maximum absolute atomic E-state index is 13.6. The summed E-state index contributed by atoms with van der Waals surface area (Å²) in [5.41, 5.74) is 1.63. The third-order valence-corrected chi connectivity index (χ3v) is 6.83. The standard InChI is InChI=1S/C26H31ClFN5O3/c1-3-4-8-22-25(35)31(15-19-6-5-7-20(27)13-19)16-23-32(22)24(34)17-30(2)33(23)26(36)29-14-18-9-11-21(28)12-10-18/h5-7,9-13,22-23H,3-4,8,14-17H2,1-2H3,(H,29,36)/t22-,23-/m0/s1. The second-order valence-electron chi connectivity index (χ2n) is 9.23. The molecule has 0 spiro atoms. The molecule has 8 nitrogen and oxygen atoms in total. The Kier molecular flexibility index (Phi) is 8.11. The number of hydrogen-bond donors (Lipinski definition) is 1. The lowest BCUT2D eigenvalue weighted by Crippen LogP contribution is -2.75. The predicted octanol–water partition coefficient (Wildman–Crippen LogP) is 3.61. The third-order valence-electron chi connectivity index (χ3n) is 6.60. The molecular weight excluding hydrogens is 485 g/mol. The van der Waals surface area contributed by atoms with Gasteiger partial charge in [-0.1, -0.05) is 55.6 Å². The topological polar surface area (TPSA) is 76.2 Å². The number of hydrogen-bond acceptors (Lipinski definition) is 4. The molecule has 2 aromatic carbocycles. The molecule has 2 aliphatic rings. The van der Waals surface area contributed by atoms with E-state index in [1.807, 2.05) is 25.1 Å². The Morgan fingerprint density at radius 1 is 1.14 bits per heavy atom. The molecule has 2 atom stereocenters. The van der Waals surface area contributed by atoms with Crippen LogP contribution in [0, 0.1) is 5.82 Å². The number of unbranched alkanes of at least 4 members (excludes halogenated alkanes) is 1. The average molecular weight is 516 g/mol. The molecule has 2 aliphatic heterocycles. The number of benzene rings is 2. The molecule has 4 rings (SSSR count). The summed E-state index contributed by atoms with van der Waals surface area (Å²) in [5.74, 6) is -0.647. The number of carbonyl (C=O) groups excluding carboxylic acids is 3. The van der Waals surface area contributed by atoms with Crippen LogP contribution in [0.1, 0.15) is 37.3 Å². The molecule has 0 aliphatic carbocycles. The third kappa shape index (κ3) is 5.63. The van der Waals surface area contributed by atoms with Crippen LogP contribution >= 0.6 is 11.6 Å². The van der Waals surface area contributed by atoms with Gasteiger partial charge in [-0.25, -0.2) is 19.2 Å². The summed E-state index contributed by atoms with van der Waals surface area (Å²) < 4.78 is 13.2. The number of halogens is 2. The molecule has 1 N–H and O–H groups in total. The number of hydrazine groups is 1. The monoisotopic (exact) mass is 515 g/mol. The molecule has 192 valence electrons. The first kappa shape index (κ1) is 25.9. The molecule has 0 bridgehead atoms. The number of piperazine rings is 1. The van der Waals surface area contributed by atoms with Crippen LogP contribution in [0.25, 0.3) is 0 Å². The fourth-order valence-electron chi connectivity index (χ4n) is 4.84. The predicted molar refractivity (Wildman–Crippen MR) is 134 cm³/mol. The van der Waals surface area contributed by atoms with Gasteiger partial charge >= 0.3 is 6.03 Å². The second-order valence-corrected chi connectivity index (χ2v) is 9.67. The van der Waals surface area contributed by atoms with E-state index in [2.05, 4.69) is 5.32 Å². The number of nitrogens with one attached hydrogen (secondary N) is 1. The van der Waals surface area contributed by atoms with Crippen molar-refractivity contribution in [1.82, 2.24) is 25.1 Å². The van der Waals surface area contributed by atoms with E-state index in [-0.39, 0.29) is 37.3 Å². The summed E-state index contributed by atoms with van der Waals surface area (Å²) in [4.78, 5) is 43.4. The number of fused-ring (bicyclic) bond motifs is 1. The van der Waals surface area contributed by atoms with E-state index in [0.717, 1.165) is 24.0 Å². The SMILES string of the molecule is CCCC[C@H]1C(=O)N(Cc2cccc(Cl)c2)C[C@H]2N1C(=O)CN(C)N2C(=O)NCc1ccc(F)cc1. The molecule has 2 fully saturated rings. The van der Waals surface area contributed by atoms with Gasteiger partial charge in [-0.2, -0.15) is 0 Å². The van der Waals surface area contributed by atoms with Crippen LogP contribution in [0.4, 0.5) is 9.18 Å². The van der Waals surface area contributed by atoms with E-state index in [1.54, 1.807) is 40.1 Å². The molecule has 4 amide bonds. The van der Waals surface area contributed by atoms with Gasteiger partial charge < -0.3 is 15.1 Å². The minimum Gasteiger partial charge on any atom is -0.333 e. The van der Waals surface area contributed by atoms with Crippen molar-refractivity contribution in [3.63, 3.8) is 0 Å². The zero-order valence-corrected chi connectivity index (χ0v) is 21.2. The summed E-state index contributed by atoms with van der Waals surface area (Å²) in [6, 6.07) is 12.2. The number of amides is 4. The number of carbonyl (C=O) groups is 3. The van der Waals surface area contributed by atoms with Crippen molar-refractivity contribution in [2.75, 3.05) is 20.1 Å². The second kappa shape index (κ2) is 11.3. The maximum atomic E-state index is 13.6. The minimum absolute atomic E-state index is 0.00926. The number of likely N-dealkylation sites (N-methyl/N-ethyl adjacent to an activating group) is 1. The molecule has 10 heteroatoms.